The second-order valence-electron chi connectivity index (χ2n) is 4.87. The van der Waals surface area contributed by atoms with Crippen molar-refractivity contribution < 1.29 is 0 Å². The summed E-state index contributed by atoms with van der Waals surface area (Å²) in [5.41, 5.74) is 13.4. The van der Waals surface area contributed by atoms with Gasteiger partial charge in [-0.2, -0.15) is 0 Å². The number of fused-ring (bicyclic) bond motifs is 1. The zero-order valence-corrected chi connectivity index (χ0v) is 10.4. The van der Waals surface area contributed by atoms with Crippen LogP contribution in [-0.2, 0) is 0 Å². The van der Waals surface area contributed by atoms with Crippen molar-refractivity contribution in [1.29, 1.82) is 0 Å². The van der Waals surface area contributed by atoms with Crippen LogP contribution in [0.4, 0.5) is 11.5 Å². The predicted octanol–water partition coefficient (Wildman–Crippen LogP) is 1.06. The maximum atomic E-state index is 5.96. The van der Waals surface area contributed by atoms with E-state index in [2.05, 4.69) is 14.9 Å². The second-order valence-corrected chi connectivity index (χ2v) is 4.87. The summed E-state index contributed by atoms with van der Waals surface area (Å²) in [4.78, 5) is 11.2. The zero-order chi connectivity index (χ0) is 12.7. The molecule has 1 aromatic heterocycles. The van der Waals surface area contributed by atoms with Crippen LogP contribution in [0, 0.1) is 6.92 Å². The molecule has 1 aromatic carbocycles. The van der Waals surface area contributed by atoms with Gasteiger partial charge in [-0.05, 0) is 31.5 Å². The summed E-state index contributed by atoms with van der Waals surface area (Å²) in [6.45, 7) is 3.72. The standard InChI is InChI=1S/C13H17N5/c1-8-16-12-6-9(14)2-3-11(12)13(17-8)18-5-4-10(15)7-18/h2-3,6,10H,4-5,7,14-15H2,1H3/t10-/m1/s1. The van der Waals surface area contributed by atoms with Gasteiger partial charge < -0.3 is 16.4 Å². The molecule has 1 aliphatic rings. The summed E-state index contributed by atoms with van der Waals surface area (Å²) in [5, 5.41) is 1.05. The highest BCUT2D eigenvalue weighted by Crippen LogP contribution is 2.27. The Labute approximate surface area is 106 Å². The van der Waals surface area contributed by atoms with Crippen molar-refractivity contribution >= 4 is 22.4 Å². The number of aromatic nitrogens is 2. The summed E-state index contributed by atoms with van der Waals surface area (Å²) >= 11 is 0. The molecule has 94 valence electrons. The molecular weight excluding hydrogens is 226 g/mol. The summed E-state index contributed by atoms with van der Waals surface area (Å²) < 4.78 is 0. The van der Waals surface area contributed by atoms with Gasteiger partial charge in [0.25, 0.3) is 0 Å². The van der Waals surface area contributed by atoms with Gasteiger partial charge in [0.1, 0.15) is 11.6 Å². The van der Waals surface area contributed by atoms with E-state index in [1.807, 2.05) is 25.1 Å². The maximum Gasteiger partial charge on any atom is 0.140 e. The summed E-state index contributed by atoms with van der Waals surface area (Å²) in [6.07, 6.45) is 1.01. The molecule has 0 spiro atoms. The molecule has 1 atom stereocenters. The normalized spacial score (nSPS) is 19.7. The predicted molar refractivity (Wildman–Crippen MR) is 73.5 cm³/mol. The number of hydrogen-bond donors (Lipinski definition) is 2. The summed E-state index contributed by atoms with van der Waals surface area (Å²) in [5.74, 6) is 1.74. The molecule has 2 heterocycles. The van der Waals surface area contributed by atoms with E-state index >= 15 is 0 Å². The third-order valence-corrected chi connectivity index (χ3v) is 3.34. The highest BCUT2D eigenvalue weighted by Gasteiger charge is 2.22. The van der Waals surface area contributed by atoms with Gasteiger partial charge in [0.15, 0.2) is 0 Å². The van der Waals surface area contributed by atoms with E-state index in [4.69, 9.17) is 11.5 Å². The van der Waals surface area contributed by atoms with Crippen molar-refractivity contribution in [3.05, 3.63) is 24.0 Å². The Morgan fingerprint density at radius 2 is 2.17 bits per heavy atom. The first-order valence-corrected chi connectivity index (χ1v) is 6.18. The van der Waals surface area contributed by atoms with Crippen molar-refractivity contribution in [3.8, 4) is 0 Å². The quantitative estimate of drug-likeness (QED) is 0.732. The fourth-order valence-electron chi connectivity index (χ4n) is 2.46. The summed E-state index contributed by atoms with van der Waals surface area (Å²) in [7, 11) is 0. The van der Waals surface area contributed by atoms with Crippen molar-refractivity contribution in [2.45, 2.75) is 19.4 Å². The third kappa shape index (κ3) is 1.86. The van der Waals surface area contributed by atoms with Gasteiger partial charge >= 0.3 is 0 Å². The van der Waals surface area contributed by atoms with Crippen LogP contribution < -0.4 is 16.4 Å². The van der Waals surface area contributed by atoms with Crippen LogP contribution in [0.15, 0.2) is 18.2 Å². The Hall–Kier alpha value is -1.88. The molecule has 5 heteroatoms. The number of nitrogens with zero attached hydrogens (tertiary/aromatic N) is 3. The molecule has 4 N–H and O–H groups in total. The van der Waals surface area contributed by atoms with Crippen LogP contribution in [0.3, 0.4) is 0 Å². The molecule has 1 aliphatic heterocycles. The smallest absolute Gasteiger partial charge is 0.140 e. The molecule has 1 saturated heterocycles. The Kier molecular flexibility index (Phi) is 2.56. The van der Waals surface area contributed by atoms with E-state index in [0.717, 1.165) is 47.7 Å². The Morgan fingerprint density at radius 3 is 2.89 bits per heavy atom. The van der Waals surface area contributed by atoms with E-state index in [1.165, 1.54) is 0 Å². The van der Waals surface area contributed by atoms with Crippen LogP contribution in [-0.4, -0.2) is 29.1 Å². The van der Waals surface area contributed by atoms with Crippen LogP contribution in [0.1, 0.15) is 12.2 Å². The van der Waals surface area contributed by atoms with Crippen molar-refractivity contribution in [2.24, 2.45) is 5.73 Å². The van der Waals surface area contributed by atoms with Gasteiger partial charge in [0.05, 0.1) is 5.52 Å². The maximum absolute atomic E-state index is 5.96. The molecule has 2 aromatic rings. The Balaban J connectivity index is 2.15. The van der Waals surface area contributed by atoms with E-state index < -0.39 is 0 Å². The number of nitrogens with two attached hydrogens (primary N) is 2. The second kappa shape index (κ2) is 4.10. The number of aryl methyl sites for hydroxylation is 1. The van der Waals surface area contributed by atoms with Crippen molar-refractivity contribution in [2.75, 3.05) is 23.7 Å². The molecule has 0 bridgehead atoms. The lowest BCUT2D eigenvalue weighted by molar-refractivity contribution is 0.751. The van der Waals surface area contributed by atoms with Gasteiger partial charge in [-0.1, -0.05) is 0 Å². The average Bonchev–Trinajstić information content (AvgIpc) is 2.74. The van der Waals surface area contributed by atoms with Crippen LogP contribution in [0.5, 0.6) is 0 Å². The fraction of sp³-hybridized carbons (Fsp3) is 0.385. The Morgan fingerprint density at radius 1 is 1.33 bits per heavy atom. The minimum Gasteiger partial charge on any atom is -0.399 e. The Bertz CT molecular complexity index is 590. The molecule has 1 fully saturated rings. The van der Waals surface area contributed by atoms with Crippen molar-refractivity contribution in [1.82, 2.24) is 9.97 Å². The first kappa shape index (κ1) is 11.2. The molecule has 0 radical (unpaired) electrons. The lowest BCUT2D eigenvalue weighted by Crippen LogP contribution is -2.27. The van der Waals surface area contributed by atoms with E-state index in [0.29, 0.717) is 0 Å². The number of anilines is 2. The summed E-state index contributed by atoms with van der Waals surface area (Å²) in [6, 6.07) is 6.01. The molecular formula is C13H17N5. The minimum absolute atomic E-state index is 0.240. The molecule has 5 nitrogen and oxygen atoms in total. The van der Waals surface area contributed by atoms with Gasteiger partial charge in [-0.25, -0.2) is 9.97 Å². The molecule has 0 unspecified atom stereocenters. The van der Waals surface area contributed by atoms with E-state index in [-0.39, 0.29) is 6.04 Å². The third-order valence-electron chi connectivity index (χ3n) is 3.34. The first-order chi connectivity index (χ1) is 8.63. The SMILES string of the molecule is Cc1nc(N2CC[C@@H](N)C2)c2ccc(N)cc2n1. The number of hydrogen-bond acceptors (Lipinski definition) is 5. The number of nitrogen functional groups attached to an aromatic ring is 1. The van der Waals surface area contributed by atoms with E-state index in [1.54, 1.807) is 0 Å². The number of benzene rings is 1. The largest absolute Gasteiger partial charge is 0.399 e. The fourth-order valence-corrected chi connectivity index (χ4v) is 2.46. The van der Waals surface area contributed by atoms with Crippen molar-refractivity contribution in [3.63, 3.8) is 0 Å². The molecule has 18 heavy (non-hydrogen) atoms. The molecule has 3 rings (SSSR count). The van der Waals surface area contributed by atoms with Crippen LogP contribution in [0.2, 0.25) is 0 Å². The molecule has 0 amide bonds. The number of rotatable bonds is 1. The van der Waals surface area contributed by atoms with E-state index in [9.17, 15) is 0 Å². The van der Waals surface area contributed by atoms with Gasteiger partial charge in [-0.15, -0.1) is 0 Å². The average molecular weight is 243 g/mol. The highest BCUT2D eigenvalue weighted by atomic mass is 15.2. The molecule has 0 saturated carbocycles. The van der Waals surface area contributed by atoms with Gasteiger partial charge in [0.2, 0.25) is 0 Å². The zero-order valence-electron chi connectivity index (χ0n) is 10.4. The van der Waals surface area contributed by atoms with Crippen LogP contribution in [0.25, 0.3) is 10.9 Å². The monoisotopic (exact) mass is 243 g/mol. The lowest BCUT2D eigenvalue weighted by Gasteiger charge is -2.19. The molecule has 0 aliphatic carbocycles. The topological polar surface area (TPSA) is 81.1 Å². The van der Waals surface area contributed by atoms with Gasteiger partial charge in [-0.3, -0.25) is 0 Å². The van der Waals surface area contributed by atoms with Crippen LogP contribution >= 0.6 is 0 Å². The highest BCUT2D eigenvalue weighted by molar-refractivity contribution is 5.91. The minimum atomic E-state index is 0.240. The lowest BCUT2D eigenvalue weighted by atomic mass is 10.2. The first-order valence-electron chi connectivity index (χ1n) is 6.18. The van der Waals surface area contributed by atoms with Gasteiger partial charge in [0, 0.05) is 30.2 Å².